The lowest BCUT2D eigenvalue weighted by atomic mass is 9.86. The fourth-order valence-corrected chi connectivity index (χ4v) is 4.69. The molecule has 32 heavy (non-hydrogen) atoms. The molecule has 0 saturated carbocycles. The van der Waals surface area contributed by atoms with Crippen molar-refractivity contribution in [2.24, 2.45) is 5.41 Å². The number of nitrogens with zero attached hydrogens (tertiary/aromatic N) is 1. The molecule has 3 N–H and O–H groups in total. The molecule has 0 radical (unpaired) electrons. The van der Waals surface area contributed by atoms with Crippen molar-refractivity contribution in [3.8, 4) is 11.1 Å². The second-order valence-electron chi connectivity index (χ2n) is 8.68. The second-order valence-corrected chi connectivity index (χ2v) is 10.3. The first kappa shape index (κ1) is 22.2. The van der Waals surface area contributed by atoms with Crippen LogP contribution in [0.5, 0.6) is 0 Å². The minimum atomic E-state index is -0.823. The van der Waals surface area contributed by atoms with Gasteiger partial charge < -0.3 is 10.1 Å². The summed E-state index contributed by atoms with van der Waals surface area (Å²) in [5, 5.41) is 12.3. The molecule has 1 heterocycles. The normalized spacial score (nSPS) is 13.7. The molecule has 1 aromatic heterocycles. The van der Waals surface area contributed by atoms with Crippen molar-refractivity contribution >= 4 is 40.7 Å². The van der Waals surface area contributed by atoms with Gasteiger partial charge in [0.05, 0.1) is 0 Å². The fourth-order valence-electron chi connectivity index (χ4n) is 3.89. The Balaban J connectivity index is 1.45. The molecule has 2 aromatic carbocycles. The first-order valence-electron chi connectivity index (χ1n) is 10.2. The summed E-state index contributed by atoms with van der Waals surface area (Å²) in [6.45, 7) is 5.79. The Morgan fingerprint density at radius 2 is 1.72 bits per heavy atom. The van der Waals surface area contributed by atoms with Crippen molar-refractivity contribution in [2.45, 2.75) is 32.7 Å². The van der Waals surface area contributed by atoms with Gasteiger partial charge in [-0.25, -0.2) is 4.79 Å². The molecule has 7 nitrogen and oxygen atoms in total. The van der Waals surface area contributed by atoms with E-state index in [1.54, 1.807) is 0 Å². The summed E-state index contributed by atoms with van der Waals surface area (Å²) in [5.74, 6) is -0.435. The van der Waals surface area contributed by atoms with Crippen LogP contribution in [-0.4, -0.2) is 34.8 Å². The lowest BCUT2D eigenvalue weighted by molar-refractivity contribution is -0.120. The molecule has 1 unspecified atom stereocenters. The predicted molar refractivity (Wildman–Crippen MR) is 127 cm³/mol. The number of fused-ring (bicyclic) bond motifs is 3. The van der Waals surface area contributed by atoms with Gasteiger partial charge in [-0.3, -0.25) is 15.2 Å². The monoisotopic (exact) mass is 468 g/mol. The fraction of sp³-hybridized carbons (Fsp3) is 0.304. The number of benzene rings is 2. The predicted octanol–water partition coefficient (Wildman–Crippen LogP) is 5.09. The van der Waals surface area contributed by atoms with E-state index in [0.717, 1.165) is 33.6 Å². The Hall–Kier alpha value is -3.04. The first-order chi connectivity index (χ1) is 15.2. The van der Waals surface area contributed by atoms with Gasteiger partial charge in [0, 0.05) is 5.92 Å². The lowest BCUT2D eigenvalue weighted by Gasteiger charge is -2.29. The van der Waals surface area contributed by atoms with Gasteiger partial charge in [0.25, 0.3) is 0 Å². The van der Waals surface area contributed by atoms with Crippen LogP contribution in [0.2, 0.25) is 0 Å². The number of carbonyl (C=O) groups is 2. The Kier molecular flexibility index (Phi) is 6.12. The third kappa shape index (κ3) is 4.58. The van der Waals surface area contributed by atoms with Crippen LogP contribution in [-0.2, 0) is 9.53 Å². The van der Waals surface area contributed by atoms with Crippen LogP contribution in [0.25, 0.3) is 11.1 Å². The van der Waals surface area contributed by atoms with Gasteiger partial charge in [-0.05, 0) is 39.9 Å². The largest absolute Gasteiger partial charge is 0.449 e. The van der Waals surface area contributed by atoms with Gasteiger partial charge in [0.2, 0.25) is 11.0 Å². The van der Waals surface area contributed by atoms with Crippen LogP contribution in [0.3, 0.4) is 0 Å². The van der Waals surface area contributed by atoms with E-state index in [4.69, 9.17) is 17.0 Å². The van der Waals surface area contributed by atoms with Crippen LogP contribution >= 0.6 is 23.6 Å². The molecule has 0 aliphatic heterocycles. The molecular weight excluding hydrogens is 444 g/mol. The van der Waals surface area contributed by atoms with Crippen LogP contribution < -0.4 is 10.6 Å². The summed E-state index contributed by atoms with van der Waals surface area (Å²) in [6.07, 6.45) is -0.642. The molecular formula is C23H24N4O3S2. The van der Waals surface area contributed by atoms with E-state index in [1.165, 1.54) is 0 Å². The van der Waals surface area contributed by atoms with E-state index >= 15 is 0 Å². The van der Waals surface area contributed by atoms with Gasteiger partial charge >= 0.3 is 6.09 Å². The van der Waals surface area contributed by atoms with E-state index in [0.29, 0.717) is 9.09 Å². The number of aromatic amines is 1. The number of rotatable bonds is 5. The first-order valence-corrected chi connectivity index (χ1v) is 11.4. The highest BCUT2D eigenvalue weighted by Gasteiger charge is 2.35. The number of ether oxygens (including phenoxy) is 1. The summed E-state index contributed by atoms with van der Waals surface area (Å²) >= 11 is 6.15. The maximum Gasteiger partial charge on any atom is 0.407 e. The minimum Gasteiger partial charge on any atom is -0.449 e. The number of H-pyrrole nitrogens is 1. The Labute approximate surface area is 195 Å². The Morgan fingerprint density at radius 3 is 2.25 bits per heavy atom. The van der Waals surface area contributed by atoms with Gasteiger partial charge in [0.15, 0.2) is 3.95 Å². The molecule has 9 heteroatoms. The van der Waals surface area contributed by atoms with Crippen molar-refractivity contribution in [3.05, 3.63) is 63.6 Å². The standard InChI is InChI=1S/C23H24N4O3S2/c1-23(2,3)18(19(28)25-20-26-27-22(31)32-20)24-21(29)30-12-17-15-10-6-4-8-13(15)14-9-5-7-11-16(14)17/h4-11,17-18H,12H2,1-3H3,(H,24,29)(H,27,31)(H,25,26,28). The lowest BCUT2D eigenvalue weighted by Crippen LogP contribution is -2.51. The van der Waals surface area contributed by atoms with Crippen LogP contribution in [0.4, 0.5) is 9.93 Å². The molecule has 0 fully saturated rings. The number of hydrogen-bond acceptors (Lipinski definition) is 6. The van der Waals surface area contributed by atoms with Gasteiger partial charge in [-0.2, -0.15) is 0 Å². The third-order valence-corrected chi connectivity index (χ3v) is 6.41. The molecule has 4 rings (SSSR count). The minimum absolute atomic E-state index is 0.0496. The van der Waals surface area contributed by atoms with E-state index in [1.807, 2.05) is 45.0 Å². The molecule has 3 aromatic rings. The number of anilines is 1. The average Bonchev–Trinajstić information content (AvgIpc) is 3.30. The quantitative estimate of drug-likeness (QED) is 0.453. The van der Waals surface area contributed by atoms with Gasteiger partial charge in [-0.15, -0.1) is 5.10 Å². The summed E-state index contributed by atoms with van der Waals surface area (Å²) in [6, 6.07) is 15.5. The van der Waals surface area contributed by atoms with Crippen LogP contribution in [0.15, 0.2) is 48.5 Å². The summed E-state index contributed by atoms with van der Waals surface area (Å²) in [4.78, 5) is 25.5. The number of aromatic nitrogens is 2. The van der Waals surface area contributed by atoms with Crippen molar-refractivity contribution in [2.75, 3.05) is 11.9 Å². The molecule has 2 amide bonds. The van der Waals surface area contributed by atoms with Crippen molar-refractivity contribution in [1.29, 1.82) is 0 Å². The van der Waals surface area contributed by atoms with Crippen molar-refractivity contribution in [1.82, 2.24) is 15.5 Å². The molecule has 1 aliphatic carbocycles. The molecule has 0 spiro atoms. The van der Waals surface area contributed by atoms with Crippen molar-refractivity contribution < 1.29 is 14.3 Å². The molecule has 0 saturated heterocycles. The zero-order valence-corrected chi connectivity index (χ0v) is 19.6. The number of carbonyl (C=O) groups excluding carboxylic acids is 2. The Morgan fingerprint density at radius 1 is 1.12 bits per heavy atom. The molecule has 1 aliphatic rings. The summed E-state index contributed by atoms with van der Waals surface area (Å²) in [7, 11) is 0. The van der Waals surface area contributed by atoms with Crippen LogP contribution in [0, 0.1) is 9.37 Å². The number of nitrogens with one attached hydrogen (secondary N) is 3. The molecule has 166 valence electrons. The summed E-state index contributed by atoms with van der Waals surface area (Å²) < 4.78 is 6.06. The third-order valence-electron chi connectivity index (χ3n) is 5.40. The number of amides is 2. The number of alkyl carbamates (subject to hydrolysis) is 1. The highest BCUT2D eigenvalue weighted by molar-refractivity contribution is 7.73. The molecule has 0 bridgehead atoms. The highest BCUT2D eigenvalue weighted by Crippen LogP contribution is 2.44. The number of hydrogen-bond donors (Lipinski definition) is 3. The van der Waals surface area contributed by atoms with E-state index < -0.39 is 17.6 Å². The maximum atomic E-state index is 12.8. The second kappa shape index (κ2) is 8.84. The van der Waals surface area contributed by atoms with Crippen LogP contribution in [0.1, 0.15) is 37.8 Å². The van der Waals surface area contributed by atoms with Gasteiger partial charge in [0.1, 0.15) is 12.6 Å². The SMILES string of the molecule is CC(C)(C)C(NC(=O)OCC1c2ccccc2-c2ccccc21)C(=O)Nc1n[nH]c(=S)s1. The Bertz CT molecular complexity index is 1170. The summed E-state index contributed by atoms with van der Waals surface area (Å²) in [5.41, 5.74) is 4.03. The highest BCUT2D eigenvalue weighted by atomic mass is 32.1. The van der Waals surface area contributed by atoms with E-state index in [2.05, 4.69) is 45.1 Å². The zero-order chi connectivity index (χ0) is 22.9. The van der Waals surface area contributed by atoms with E-state index in [9.17, 15) is 9.59 Å². The maximum absolute atomic E-state index is 12.8. The zero-order valence-electron chi connectivity index (χ0n) is 18.0. The van der Waals surface area contributed by atoms with Crippen molar-refractivity contribution in [3.63, 3.8) is 0 Å². The molecule has 1 atom stereocenters. The van der Waals surface area contributed by atoms with E-state index in [-0.39, 0.29) is 18.4 Å². The smallest absolute Gasteiger partial charge is 0.407 e. The topological polar surface area (TPSA) is 96.1 Å². The van der Waals surface area contributed by atoms with Gasteiger partial charge in [-0.1, -0.05) is 80.6 Å². The average molecular weight is 469 g/mol.